The van der Waals surface area contributed by atoms with E-state index in [0.717, 1.165) is 22.7 Å². The fourth-order valence-corrected chi connectivity index (χ4v) is 2.92. The monoisotopic (exact) mass is 346 g/mol. The summed E-state index contributed by atoms with van der Waals surface area (Å²) in [5.41, 5.74) is 2.31. The molecule has 1 amide bonds. The molecule has 0 N–H and O–H groups in total. The first-order valence-corrected chi connectivity index (χ1v) is 8.22. The van der Waals surface area contributed by atoms with Gasteiger partial charge < -0.3 is 4.90 Å². The summed E-state index contributed by atoms with van der Waals surface area (Å²) in [6.45, 7) is 0.949. The lowest BCUT2D eigenvalue weighted by molar-refractivity contribution is -0.131. The van der Waals surface area contributed by atoms with Crippen LogP contribution in [0.2, 0.25) is 0 Å². The van der Waals surface area contributed by atoms with Gasteiger partial charge in [-0.25, -0.2) is 14.1 Å². The van der Waals surface area contributed by atoms with Crippen molar-refractivity contribution in [3.05, 3.63) is 72.3 Å². The van der Waals surface area contributed by atoms with Crippen molar-refractivity contribution in [2.24, 2.45) is 0 Å². The number of pyridine rings is 1. The number of carbonyl (C=O) groups excluding carboxylic acids is 1. The number of aromatic nitrogens is 3. The van der Waals surface area contributed by atoms with Gasteiger partial charge in [0.1, 0.15) is 5.69 Å². The predicted octanol–water partition coefficient (Wildman–Crippen LogP) is 2.70. The normalized spacial score (nSPS) is 14.3. The van der Waals surface area contributed by atoms with Crippen molar-refractivity contribution in [3.63, 3.8) is 0 Å². The van der Waals surface area contributed by atoms with E-state index >= 15 is 0 Å². The van der Waals surface area contributed by atoms with Gasteiger partial charge >= 0.3 is 0 Å². The van der Waals surface area contributed by atoms with E-state index in [2.05, 4.69) is 21.9 Å². The molecule has 4 rings (SSSR count). The molecule has 1 aliphatic heterocycles. The lowest BCUT2D eigenvalue weighted by Gasteiger charge is -2.38. The fourth-order valence-electron chi connectivity index (χ4n) is 2.92. The molecular weight excluding hydrogens is 331 g/mol. The molecule has 1 aliphatic rings. The molecule has 2 aromatic heterocycles. The largest absolute Gasteiger partial charge is 0.335 e. The number of halogens is 1. The zero-order valence-electron chi connectivity index (χ0n) is 13.8. The Bertz CT molecular complexity index is 1040. The molecule has 3 heterocycles. The lowest BCUT2D eigenvalue weighted by atomic mass is 10.1. The van der Waals surface area contributed by atoms with Gasteiger partial charge in [0, 0.05) is 30.9 Å². The molecule has 5 nitrogen and oxygen atoms in total. The van der Waals surface area contributed by atoms with Crippen LogP contribution in [0.5, 0.6) is 0 Å². The van der Waals surface area contributed by atoms with Crippen LogP contribution in [0.25, 0.3) is 11.0 Å². The number of hydrogen-bond donors (Lipinski definition) is 0. The van der Waals surface area contributed by atoms with Gasteiger partial charge in [0.2, 0.25) is 5.91 Å². The molecule has 1 aromatic carbocycles. The Labute approximate surface area is 149 Å². The zero-order valence-corrected chi connectivity index (χ0v) is 13.8. The SMILES string of the molecule is O=C(C=CF)N1CC(n2nc(C#Cc3ccccc3)c3cccnc32)C1. The van der Waals surface area contributed by atoms with Crippen LogP contribution in [0.1, 0.15) is 17.3 Å². The Morgan fingerprint density at radius 3 is 2.73 bits per heavy atom. The number of nitrogens with zero attached hydrogens (tertiary/aromatic N) is 4. The third-order valence-electron chi connectivity index (χ3n) is 4.29. The number of rotatable bonds is 2. The van der Waals surface area contributed by atoms with Crippen LogP contribution in [-0.2, 0) is 4.79 Å². The molecule has 0 spiro atoms. The Hall–Kier alpha value is -3.46. The second-order valence-corrected chi connectivity index (χ2v) is 5.97. The maximum Gasteiger partial charge on any atom is 0.249 e. The van der Waals surface area contributed by atoms with Gasteiger partial charge in [-0.05, 0) is 30.2 Å². The molecule has 128 valence electrons. The van der Waals surface area contributed by atoms with E-state index in [9.17, 15) is 9.18 Å². The van der Waals surface area contributed by atoms with Crippen molar-refractivity contribution in [1.29, 1.82) is 0 Å². The predicted molar refractivity (Wildman–Crippen MR) is 95.8 cm³/mol. The summed E-state index contributed by atoms with van der Waals surface area (Å²) in [6.07, 6.45) is 2.90. The number of amides is 1. The van der Waals surface area contributed by atoms with Crippen LogP contribution in [-0.4, -0.2) is 38.7 Å². The highest BCUT2D eigenvalue weighted by Crippen LogP contribution is 2.26. The molecule has 0 aliphatic carbocycles. The van der Waals surface area contributed by atoms with Gasteiger partial charge in [0.05, 0.1) is 17.8 Å². The Balaban J connectivity index is 1.64. The van der Waals surface area contributed by atoms with E-state index in [1.807, 2.05) is 47.1 Å². The summed E-state index contributed by atoms with van der Waals surface area (Å²) in [6, 6.07) is 13.5. The standard InChI is InChI=1S/C20H15FN4O/c21-11-10-19(26)24-13-16(14-24)25-20-17(7-4-12-22-20)18(23-25)9-8-15-5-2-1-3-6-15/h1-7,10-12,16H,13-14H2. The van der Waals surface area contributed by atoms with Crippen LogP contribution in [0.3, 0.4) is 0 Å². The van der Waals surface area contributed by atoms with Gasteiger partial charge in [-0.3, -0.25) is 4.79 Å². The number of carbonyl (C=O) groups is 1. The summed E-state index contributed by atoms with van der Waals surface area (Å²) in [5, 5.41) is 5.50. The van der Waals surface area contributed by atoms with Crippen molar-refractivity contribution in [2.75, 3.05) is 13.1 Å². The fraction of sp³-hybridized carbons (Fsp3) is 0.150. The molecule has 1 saturated heterocycles. The van der Waals surface area contributed by atoms with E-state index < -0.39 is 0 Å². The first kappa shape index (κ1) is 16.0. The molecule has 26 heavy (non-hydrogen) atoms. The molecule has 0 unspecified atom stereocenters. The average molecular weight is 346 g/mol. The highest BCUT2D eigenvalue weighted by atomic mass is 19.1. The summed E-state index contributed by atoms with van der Waals surface area (Å²) >= 11 is 0. The van der Waals surface area contributed by atoms with Crippen molar-refractivity contribution in [1.82, 2.24) is 19.7 Å². The molecule has 0 saturated carbocycles. The van der Waals surface area contributed by atoms with Gasteiger partial charge in [0.15, 0.2) is 5.65 Å². The summed E-state index contributed by atoms with van der Waals surface area (Å²) in [4.78, 5) is 17.6. The van der Waals surface area contributed by atoms with E-state index in [1.54, 1.807) is 11.1 Å². The molecule has 0 bridgehead atoms. The topological polar surface area (TPSA) is 51.0 Å². The van der Waals surface area contributed by atoms with Crippen molar-refractivity contribution < 1.29 is 9.18 Å². The smallest absolute Gasteiger partial charge is 0.249 e. The lowest BCUT2D eigenvalue weighted by Crippen LogP contribution is -2.50. The number of hydrogen-bond acceptors (Lipinski definition) is 3. The molecule has 3 aromatic rings. The van der Waals surface area contributed by atoms with Crippen LogP contribution in [0, 0.1) is 11.8 Å². The summed E-state index contributed by atoms with van der Waals surface area (Å²) < 4.78 is 14.0. The highest BCUT2D eigenvalue weighted by Gasteiger charge is 2.33. The van der Waals surface area contributed by atoms with Crippen molar-refractivity contribution >= 4 is 16.9 Å². The van der Waals surface area contributed by atoms with Gasteiger partial charge in [-0.1, -0.05) is 24.1 Å². The molecule has 0 atom stereocenters. The van der Waals surface area contributed by atoms with E-state index in [0.29, 0.717) is 18.8 Å². The first-order valence-electron chi connectivity index (χ1n) is 8.22. The second kappa shape index (κ2) is 6.81. The quantitative estimate of drug-likeness (QED) is 0.530. The maximum atomic E-state index is 12.1. The second-order valence-electron chi connectivity index (χ2n) is 5.97. The highest BCUT2D eigenvalue weighted by molar-refractivity contribution is 5.88. The number of likely N-dealkylation sites (tertiary alicyclic amines) is 1. The van der Waals surface area contributed by atoms with Gasteiger partial charge in [-0.2, -0.15) is 5.10 Å². The van der Waals surface area contributed by atoms with E-state index in [-0.39, 0.29) is 18.3 Å². The molecular formula is C20H15FN4O. The zero-order chi connectivity index (χ0) is 17.9. The molecule has 1 fully saturated rings. The third kappa shape index (κ3) is 2.95. The van der Waals surface area contributed by atoms with E-state index in [4.69, 9.17) is 0 Å². The van der Waals surface area contributed by atoms with Gasteiger partial charge in [-0.15, -0.1) is 0 Å². The Morgan fingerprint density at radius 1 is 1.15 bits per heavy atom. The van der Waals surface area contributed by atoms with Crippen LogP contribution >= 0.6 is 0 Å². The summed E-state index contributed by atoms with van der Waals surface area (Å²) in [7, 11) is 0. The number of benzene rings is 1. The minimum absolute atomic E-state index is 0.0108. The minimum atomic E-state index is -0.336. The van der Waals surface area contributed by atoms with Crippen molar-refractivity contribution in [2.45, 2.75) is 6.04 Å². The third-order valence-corrected chi connectivity index (χ3v) is 4.29. The number of fused-ring (bicyclic) bond motifs is 1. The molecule has 6 heteroatoms. The van der Waals surface area contributed by atoms with Gasteiger partial charge in [0.25, 0.3) is 0 Å². The van der Waals surface area contributed by atoms with Crippen LogP contribution in [0.4, 0.5) is 4.39 Å². The Kier molecular flexibility index (Phi) is 4.20. The molecule has 0 radical (unpaired) electrons. The van der Waals surface area contributed by atoms with Crippen LogP contribution < -0.4 is 0 Å². The van der Waals surface area contributed by atoms with E-state index in [1.165, 1.54) is 0 Å². The Morgan fingerprint density at radius 2 is 1.96 bits per heavy atom. The first-order chi connectivity index (χ1) is 12.8. The minimum Gasteiger partial charge on any atom is -0.335 e. The summed E-state index contributed by atoms with van der Waals surface area (Å²) in [5.74, 6) is 5.90. The van der Waals surface area contributed by atoms with Crippen molar-refractivity contribution in [3.8, 4) is 11.8 Å². The van der Waals surface area contributed by atoms with Crippen LogP contribution in [0.15, 0.2) is 61.1 Å². The maximum absolute atomic E-state index is 12.1. The average Bonchev–Trinajstić information content (AvgIpc) is 2.99.